The van der Waals surface area contributed by atoms with Crippen LogP contribution in [0.5, 0.6) is 0 Å². The Morgan fingerprint density at radius 2 is 2.29 bits per heavy atom. The molecule has 1 fully saturated rings. The number of nitrogen functional groups attached to an aromatic ring is 1. The summed E-state index contributed by atoms with van der Waals surface area (Å²) in [7, 11) is 0. The molecular weight excluding hydrogens is 222 g/mol. The number of rotatable bonds is 4. The zero-order chi connectivity index (χ0) is 12.3. The fourth-order valence-electron chi connectivity index (χ4n) is 2.31. The maximum Gasteiger partial charge on any atom is 0.288 e. The summed E-state index contributed by atoms with van der Waals surface area (Å²) in [6.07, 6.45) is 3.19. The second-order valence-electron chi connectivity index (χ2n) is 4.39. The zero-order valence-corrected chi connectivity index (χ0v) is 9.52. The Bertz CT molecular complexity index is 392. The molecule has 7 heteroatoms. The van der Waals surface area contributed by atoms with E-state index in [1.807, 2.05) is 0 Å². The van der Waals surface area contributed by atoms with Crippen molar-refractivity contribution in [2.24, 2.45) is 11.8 Å². The summed E-state index contributed by atoms with van der Waals surface area (Å²) < 4.78 is 0. The number of aliphatic hydroxyl groups is 1. The molecule has 0 bridgehead atoms. The van der Waals surface area contributed by atoms with E-state index in [4.69, 9.17) is 10.8 Å². The molecule has 17 heavy (non-hydrogen) atoms. The van der Waals surface area contributed by atoms with Crippen LogP contribution in [0.1, 0.15) is 29.9 Å². The van der Waals surface area contributed by atoms with Crippen LogP contribution in [0.2, 0.25) is 0 Å². The highest BCUT2D eigenvalue weighted by molar-refractivity contribution is 5.90. The molecule has 2 rings (SSSR count). The normalized spacial score (nSPS) is 23.8. The first kappa shape index (κ1) is 11.8. The maximum absolute atomic E-state index is 11.6. The third kappa shape index (κ3) is 2.73. The first-order chi connectivity index (χ1) is 8.20. The topological polar surface area (TPSA) is 117 Å². The molecule has 1 aromatic rings. The van der Waals surface area contributed by atoms with E-state index in [-0.39, 0.29) is 24.3 Å². The molecule has 94 valence electrons. The van der Waals surface area contributed by atoms with Crippen LogP contribution < -0.4 is 11.1 Å². The Balaban J connectivity index is 1.84. The molecule has 0 aliphatic heterocycles. The van der Waals surface area contributed by atoms with E-state index in [2.05, 4.69) is 20.5 Å². The van der Waals surface area contributed by atoms with Crippen molar-refractivity contribution in [1.82, 2.24) is 20.5 Å². The lowest BCUT2D eigenvalue weighted by atomic mass is 9.97. The van der Waals surface area contributed by atoms with Crippen LogP contribution >= 0.6 is 0 Å². The summed E-state index contributed by atoms with van der Waals surface area (Å²) in [6.45, 7) is 0.750. The average Bonchev–Trinajstić information content (AvgIpc) is 2.94. The van der Waals surface area contributed by atoms with Crippen LogP contribution in [0.3, 0.4) is 0 Å². The number of aliphatic hydroxyl groups excluding tert-OH is 1. The number of aromatic amines is 1. The van der Waals surface area contributed by atoms with Crippen LogP contribution in [0, 0.1) is 11.8 Å². The van der Waals surface area contributed by atoms with Crippen LogP contribution in [0.25, 0.3) is 0 Å². The van der Waals surface area contributed by atoms with Crippen molar-refractivity contribution in [3.05, 3.63) is 5.82 Å². The summed E-state index contributed by atoms with van der Waals surface area (Å²) in [5, 5.41) is 18.0. The predicted molar refractivity (Wildman–Crippen MR) is 61.0 cm³/mol. The van der Waals surface area contributed by atoms with Crippen molar-refractivity contribution in [3.8, 4) is 0 Å². The zero-order valence-electron chi connectivity index (χ0n) is 9.52. The summed E-state index contributed by atoms with van der Waals surface area (Å²) in [5.41, 5.74) is 5.31. The molecule has 0 spiro atoms. The van der Waals surface area contributed by atoms with Crippen molar-refractivity contribution >= 4 is 11.9 Å². The van der Waals surface area contributed by atoms with E-state index >= 15 is 0 Å². The van der Waals surface area contributed by atoms with Gasteiger partial charge in [-0.25, -0.2) is 0 Å². The predicted octanol–water partition coefficient (Wildman–Crippen LogP) is -0.475. The third-order valence-corrected chi connectivity index (χ3v) is 3.29. The van der Waals surface area contributed by atoms with Gasteiger partial charge in [-0.3, -0.25) is 9.89 Å². The Morgan fingerprint density at radius 3 is 2.94 bits per heavy atom. The molecule has 1 aliphatic carbocycles. The van der Waals surface area contributed by atoms with E-state index in [9.17, 15) is 4.79 Å². The Labute approximate surface area is 98.8 Å². The molecule has 5 N–H and O–H groups in total. The standard InChI is InChI=1S/C10H17N5O2/c11-10-13-8(14-15-10)9(17)12-4-6-2-1-3-7(6)5-16/h6-7,16H,1-5H2,(H,12,17)(H3,11,13,14,15). The highest BCUT2D eigenvalue weighted by atomic mass is 16.3. The molecule has 0 saturated heterocycles. The second-order valence-corrected chi connectivity index (χ2v) is 4.39. The van der Waals surface area contributed by atoms with Gasteiger partial charge < -0.3 is 16.2 Å². The number of anilines is 1. The molecule has 7 nitrogen and oxygen atoms in total. The molecule has 1 heterocycles. The lowest BCUT2D eigenvalue weighted by Crippen LogP contribution is -2.32. The number of H-pyrrole nitrogens is 1. The van der Waals surface area contributed by atoms with E-state index in [1.54, 1.807) is 0 Å². The van der Waals surface area contributed by atoms with Gasteiger partial charge in [0.25, 0.3) is 5.91 Å². The summed E-state index contributed by atoms with van der Waals surface area (Å²) in [4.78, 5) is 15.4. The van der Waals surface area contributed by atoms with Crippen LogP contribution in [-0.4, -0.2) is 39.3 Å². The molecule has 0 aromatic carbocycles. The summed E-state index contributed by atoms with van der Waals surface area (Å²) >= 11 is 0. The van der Waals surface area contributed by atoms with E-state index in [0.717, 1.165) is 19.3 Å². The molecule has 2 atom stereocenters. The number of hydrogen-bond donors (Lipinski definition) is 4. The highest BCUT2D eigenvalue weighted by Gasteiger charge is 2.27. The minimum atomic E-state index is -0.308. The summed E-state index contributed by atoms with van der Waals surface area (Å²) in [6, 6.07) is 0. The molecular formula is C10H17N5O2. The first-order valence-corrected chi connectivity index (χ1v) is 5.77. The van der Waals surface area contributed by atoms with Crippen molar-refractivity contribution in [3.63, 3.8) is 0 Å². The summed E-state index contributed by atoms with van der Waals surface area (Å²) in [5.74, 6) is 0.530. The SMILES string of the molecule is Nc1n[nH]c(C(=O)NCC2CCCC2CO)n1. The van der Waals surface area contributed by atoms with Gasteiger partial charge in [-0.1, -0.05) is 6.42 Å². The second kappa shape index (κ2) is 5.13. The number of hydrogen-bond acceptors (Lipinski definition) is 5. The largest absolute Gasteiger partial charge is 0.396 e. The number of carbonyl (C=O) groups excluding carboxylic acids is 1. The number of nitrogens with zero attached hydrogens (tertiary/aromatic N) is 2. The fourth-order valence-corrected chi connectivity index (χ4v) is 2.31. The lowest BCUT2D eigenvalue weighted by Gasteiger charge is -2.17. The molecule has 1 saturated carbocycles. The van der Waals surface area contributed by atoms with Gasteiger partial charge in [-0.2, -0.15) is 4.98 Å². The Hall–Kier alpha value is -1.63. The van der Waals surface area contributed by atoms with E-state index < -0.39 is 0 Å². The third-order valence-electron chi connectivity index (χ3n) is 3.29. The Morgan fingerprint density at radius 1 is 1.53 bits per heavy atom. The van der Waals surface area contributed by atoms with Gasteiger partial charge in [0.05, 0.1) is 0 Å². The van der Waals surface area contributed by atoms with E-state index in [1.165, 1.54) is 0 Å². The van der Waals surface area contributed by atoms with Crippen LogP contribution in [0.4, 0.5) is 5.95 Å². The molecule has 0 radical (unpaired) electrons. The molecule has 1 aromatic heterocycles. The maximum atomic E-state index is 11.6. The van der Waals surface area contributed by atoms with Crippen molar-refractivity contribution in [2.75, 3.05) is 18.9 Å². The van der Waals surface area contributed by atoms with Gasteiger partial charge in [0.2, 0.25) is 11.8 Å². The van der Waals surface area contributed by atoms with Crippen molar-refractivity contribution in [2.45, 2.75) is 19.3 Å². The quantitative estimate of drug-likeness (QED) is 0.566. The molecule has 1 aliphatic rings. The van der Waals surface area contributed by atoms with Gasteiger partial charge >= 0.3 is 0 Å². The van der Waals surface area contributed by atoms with Crippen molar-refractivity contribution in [1.29, 1.82) is 0 Å². The smallest absolute Gasteiger partial charge is 0.288 e. The van der Waals surface area contributed by atoms with Crippen LogP contribution in [0.15, 0.2) is 0 Å². The number of nitrogens with two attached hydrogens (primary N) is 1. The number of aromatic nitrogens is 3. The van der Waals surface area contributed by atoms with Gasteiger partial charge in [0.15, 0.2) is 0 Å². The van der Waals surface area contributed by atoms with Crippen molar-refractivity contribution < 1.29 is 9.90 Å². The number of nitrogens with one attached hydrogen (secondary N) is 2. The monoisotopic (exact) mass is 239 g/mol. The fraction of sp³-hybridized carbons (Fsp3) is 0.700. The van der Waals surface area contributed by atoms with Gasteiger partial charge in [-0.15, -0.1) is 5.10 Å². The Kier molecular flexibility index (Phi) is 3.58. The lowest BCUT2D eigenvalue weighted by molar-refractivity contribution is 0.0928. The first-order valence-electron chi connectivity index (χ1n) is 5.77. The van der Waals surface area contributed by atoms with Gasteiger partial charge in [0, 0.05) is 13.2 Å². The minimum Gasteiger partial charge on any atom is -0.396 e. The minimum absolute atomic E-state index is 0.0595. The average molecular weight is 239 g/mol. The highest BCUT2D eigenvalue weighted by Crippen LogP contribution is 2.30. The van der Waals surface area contributed by atoms with Gasteiger partial charge in [-0.05, 0) is 24.7 Å². The number of carbonyl (C=O) groups is 1. The van der Waals surface area contributed by atoms with Gasteiger partial charge in [0.1, 0.15) is 0 Å². The van der Waals surface area contributed by atoms with Crippen LogP contribution in [-0.2, 0) is 0 Å². The number of amides is 1. The van der Waals surface area contributed by atoms with E-state index in [0.29, 0.717) is 18.4 Å². The molecule has 2 unspecified atom stereocenters. The molecule has 1 amide bonds.